The lowest BCUT2D eigenvalue weighted by Gasteiger charge is -2.01. The number of H-pyrrole nitrogens is 1. The molecule has 0 aliphatic heterocycles. The minimum atomic E-state index is -0.405. The molecule has 0 saturated carbocycles. The maximum atomic E-state index is 12.2. The molecule has 126 valence electrons. The third-order valence-electron chi connectivity index (χ3n) is 3.45. The van der Waals surface area contributed by atoms with Crippen LogP contribution in [0.5, 0.6) is 0 Å². The number of hydrogen-bond acceptors (Lipinski definition) is 4. The zero-order valence-corrected chi connectivity index (χ0v) is 14.6. The SMILES string of the molecule is CC(=NNC(=O)c1cc(-c2ccc(Cl)cc2Cl)n[nH]1)c1ccncc1. The summed E-state index contributed by atoms with van der Waals surface area (Å²) in [5.74, 6) is -0.405. The highest BCUT2D eigenvalue weighted by Crippen LogP contribution is 2.29. The summed E-state index contributed by atoms with van der Waals surface area (Å²) in [5, 5.41) is 11.9. The quantitative estimate of drug-likeness (QED) is 0.536. The molecule has 2 heterocycles. The zero-order chi connectivity index (χ0) is 17.8. The molecule has 0 bridgehead atoms. The summed E-state index contributed by atoms with van der Waals surface area (Å²) in [4.78, 5) is 16.1. The average molecular weight is 374 g/mol. The van der Waals surface area contributed by atoms with Crippen LogP contribution in [0.2, 0.25) is 10.0 Å². The van der Waals surface area contributed by atoms with Crippen LogP contribution < -0.4 is 5.43 Å². The fraction of sp³-hybridized carbons (Fsp3) is 0.0588. The predicted octanol–water partition coefficient (Wildman–Crippen LogP) is 3.93. The van der Waals surface area contributed by atoms with Crippen molar-refractivity contribution in [2.75, 3.05) is 0 Å². The number of aromatic amines is 1. The molecule has 0 unspecified atom stereocenters. The number of pyridine rings is 1. The number of amides is 1. The largest absolute Gasteiger partial charge is 0.289 e. The van der Waals surface area contributed by atoms with Gasteiger partial charge in [0.1, 0.15) is 5.69 Å². The average Bonchev–Trinajstić information content (AvgIpc) is 3.10. The molecule has 1 amide bonds. The molecule has 0 aliphatic rings. The number of aromatic nitrogens is 3. The molecule has 1 aromatic carbocycles. The molecule has 0 saturated heterocycles. The summed E-state index contributed by atoms with van der Waals surface area (Å²) < 4.78 is 0. The molecule has 2 aromatic heterocycles. The Morgan fingerprint density at radius 3 is 2.64 bits per heavy atom. The maximum Gasteiger partial charge on any atom is 0.289 e. The van der Waals surface area contributed by atoms with Gasteiger partial charge in [0.05, 0.1) is 16.4 Å². The molecule has 0 atom stereocenters. The maximum absolute atomic E-state index is 12.2. The van der Waals surface area contributed by atoms with Gasteiger partial charge in [-0.25, -0.2) is 5.43 Å². The summed E-state index contributed by atoms with van der Waals surface area (Å²) in [5.41, 5.74) is 5.51. The van der Waals surface area contributed by atoms with E-state index in [-0.39, 0.29) is 5.69 Å². The zero-order valence-electron chi connectivity index (χ0n) is 13.1. The highest BCUT2D eigenvalue weighted by Gasteiger charge is 2.13. The van der Waals surface area contributed by atoms with Crippen LogP contribution in [0.4, 0.5) is 0 Å². The van der Waals surface area contributed by atoms with E-state index in [2.05, 4.69) is 25.7 Å². The number of nitrogens with one attached hydrogen (secondary N) is 2. The van der Waals surface area contributed by atoms with Gasteiger partial charge in [-0.1, -0.05) is 23.2 Å². The third-order valence-corrected chi connectivity index (χ3v) is 4.00. The molecule has 3 rings (SSSR count). The fourth-order valence-corrected chi connectivity index (χ4v) is 2.63. The van der Waals surface area contributed by atoms with Crippen molar-refractivity contribution in [3.63, 3.8) is 0 Å². The van der Waals surface area contributed by atoms with Crippen molar-refractivity contribution in [1.29, 1.82) is 0 Å². The van der Waals surface area contributed by atoms with E-state index in [1.54, 1.807) is 43.6 Å². The molecule has 0 radical (unpaired) electrons. The van der Waals surface area contributed by atoms with Crippen molar-refractivity contribution in [1.82, 2.24) is 20.6 Å². The Morgan fingerprint density at radius 1 is 1.16 bits per heavy atom. The predicted molar refractivity (Wildman–Crippen MR) is 98.0 cm³/mol. The first-order chi connectivity index (χ1) is 12.0. The van der Waals surface area contributed by atoms with Gasteiger partial charge in [0.2, 0.25) is 0 Å². The lowest BCUT2D eigenvalue weighted by molar-refractivity contribution is 0.0950. The van der Waals surface area contributed by atoms with Crippen molar-refractivity contribution in [3.8, 4) is 11.3 Å². The van der Waals surface area contributed by atoms with Gasteiger partial charge in [-0.05, 0) is 43.3 Å². The second-order valence-corrected chi connectivity index (χ2v) is 6.01. The lowest BCUT2D eigenvalue weighted by atomic mass is 10.1. The Morgan fingerprint density at radius 2 is 1.92 bits per heavy atom. The molecule has 3 aromatic rings. The molecular weight excluding hydrogens is 361 g/mol. The fourth-order valence-electron chi connectivity index (χ4n) is 2.13. The van der Waals surface area contributed by atoms with E-state index in [1.165, 1.54) is 0 Å². The third kappa shape index (κ3) is 4.04. The lowest BCUT2D eigenvalue weighted by Crippen LogP contribution is -2.19. The molecule has 0 aliphatic carbocycles. The molecule has 0 fully saturated rings. The highest BCUT2D eigenvalue weighted by molar-refractivity contribution is 6.36. The van der Waals surface area contributed by atoms with E-state index in [1.807, 2.05) is 12.1 Å². The molecule has 25 heavy (non-hydrogen) atoms. The van der Waals surface area contributed by atoms with Crippen LogP contribution >= 0.6 is 23.2 Å². The van der Waals surface area contributed by atoms with Crippen molar-refractivity contribution in [3.05, 3.63) is 70.1 Å². The smallest absolute Gasteiger partial charge is 0.272 e. The van der Waals surface area contributed by atoms with Gasteiger partial charge in [-0.3, -0.25) is 14.9 Å². The monoisotopic (exact) mass is 373 g/mol. The van der Waals surface area contributed by atoms with Crippen LogP contribution in [0.25, 0.3) is 11.3 Å². The normalized spacial score (nSPS) is 11.4. The standard InChI is InChI=1S/C17H13Cl2N5O/c1-10(11-4-6-20-7-5-11)21-24-17(25)16-9-15(22-23-16)13-3-2-12(18)8-14(13)19/h2-9H,1H3,(H,22,23)(H,24,25). The first-order valence-electron chi connectivity index (χ1n) is 7.30. The van der Waals surface area contributed by atoms with Crippen molar-refractivity contribution < 1.29 is 4.79 Å². The van der Waals surface area contributed by atoms with Crippen LogP contribution in [-0.4, -0.2) is 26.8 Å². The van der Waals surface area contributed by atoms with Gasteiger partial charge in [-0.15, -0.1) is 0 Å². The molecular formula is C17H13Cl2N5O. The Hall–Kier alpha value is -2.70. The number of carbonyl (C=O) groups excluding carboxylic acids is 1. The Labute approximate surface area is 153 Å². The van der Waals surface area contributed by atoms with E-state index >= 15 is 0 Å². The number of benzene rings is 1. The molecule has 2 N–H and O–H groups in total. The minimum Gasteiger partial charge on any atom is -0.272 e. The number of carbonyl (C=O) groups is 1. The minimum absolute atomic E-state index is 0.271. The Balaban J connectivity index is 1.75. The molecule has 0 spiro atoms. The molecule has 8 heteroatoms. The Bertz CT molecular complexity index is 937. The van der Waals surface area contributed by atoms with Gasteiger partial charge in [0.25, 0.3) is 5.91 Å². The van der Waals surface area contributed by atoms with Crippen molar-refractivity contribution >= 4 is 34.8 Å². The van der Waals surface area contributed by atoms with Crippen molar-refractivity contribution in [2.45, 2.75) is 6.92 Å². The summed E-state index contributed by atoms with van der Waals surface area (Å²) in [6, 6.07) is 10.3. The van der Waals surface area contributed by atoms with Gasteiger partial charge in [-0.2, -0.15) is 10.2 Å². The molecule has 6 nitrogen and oxygen atoms in total. The second-order valence-electron chi connectivity index (χ2n) is 5.17. The first kappa shape index (κ1) is 17.1. The number of hydrogen-bond donors (Lipinski definition) is 2. The summed E-state index contributed by atoms with van der Waals surface area (Å²) in [6.45, 7) is 1.79. The second kappa shape index (κ2) is 7.46. The number of nitrogens with zero attached hydrogens (tertiary/aromatic N) is 3. The topological polar surface area (TPSA) is 83.0 Å². The van der Waals surface area contributed by atoms with E-state index < -0.39 is 5.91 Å². The van der Waals surface area contributed by atoms with E-state index in [0.717, 1.165) is 5.56 Å². The van der Waals surface area contributed by atoms with E-state index in [9.17, 15) is 4.79 Å². The van der Waals surface area contributed by atoms with E-state index in [4.69, 9.17) is 23.2 Å². The highest BCUT2D eigenvalue weighted by atomic mass is 35.5. The number of rotatable bonds is 4. The van der Waals surface area contributed by atoms with Gasteiger partial charge in [0, 0.05) is 28.5 Å². The van der Waals surface area contributed by atoms with Crippen LogP contribution in [0.1, 0.15) is 23.0 Å². The van der Waals surface area contributed by atoms with Crippen LogP contribution in [0, 0.1) is 0 Å². The summed E-state index contributed by atoms with van der Waals surface area (Å²) in [7, 11) is 0. The first-order valence-corrected chi connectivity index (χ1v) is 8.06. The van der Waals surface area contributed by atoms with Gasteiger partial charge in [0.15, 0.2) is 0 Å². The van der Waals surface area contributed by atoms with Gasteiger partial charge < -0.3 is 0 Å². The summed E-state index contributed by atoms with van der Waals surface area (Å²) in [6.07, 6.45) is 3.32. The van der Waals surface area contributed by atoms with Crippen molar-refractivity contribution in [2.24, 2.45) is 5.10 Å². The van der Waals surface area contributed by atoms with Crippen LogP contribution in [0.3, 0.4) is 0 Å². The van der Waals surface area contributed by atoms with Gasteiger partial charge >= 0.3 is 0 Å². The number of halogens is 2. The van der Waals surface area contributed by atoms with E-state index in [0.29, 0.717) is 27.0 Å². The van der Waals surface area contributed by atoms with Crippen LogP contribution in [0.15, 0.2) is 53.9 Å². The van der Waals surface area contributed by atoms with Crippen LogP contribution in [-0.2, 0) is 0 Å². The Kier molecular flexibility index (Phi) is 5.11. The summed E-state index contributed by atoms with van der Waals surface area (Å²) >= 11 is 12.0. The number of hydrazone groups is 1.